The van der Waals surface area contributed by atoms with Crippen LogP contribution in [0.1, 0.15) is 23.7 Å². The number of hydrogen-bond donors (Lipinski definition) is 4. The van der Waals surface area contributed by atoms with Gasteiger partial charge in [0, 0.05) is 57.7 Å². The van der Waals surface area contributed by atoms with E-state index in [1.165, 1.54) is 0 Å². The van der Waals surface area contributed by atoms with E-state index in [0.717, 1.165) is 78.0 Å². The van der Waals surface area contributed by atoms with Crippen molar-refractivity contribution in [3.8, 4) is 17.1 Å². The fourth-order valence-electron chi connectivity index (χ4n) is 5.28. The zero-order chi connectivity index (χ0) is 28.9. The Labute approximate surface area is 247 Å². The molecule has 1 saturated heterocycles. The van der Waals surface area contributed by atoms with Crippen molar-refractivity contribution < 1.29 is 9.84 Å². The number of benzene rings is 2. The number of nitrogens with one attached hydrogen (secondary N) is 3. The molecule has 3 heterocycles. The zero-order valence-electron chi connectivity index (χ0n) is 23.4. The van der Waals surface area contributed by atoms with Gasteiger partial charge in [-0.05, 0) is 77.5 Å². The molecule has 1 aliphatic heterocycles. The summed E-state index contributed by atoms with van der Waals surface area (Å²) in [7, 11) is 1.60. The van der Waals surface area contributed by atoms with Gasteiger partial charge in [0.25, 0.3) is 5.56 Å². The Bertz CT molecular complexity index is 1580. The quantitative estimate of drug-likeness (QED) is 0.145. The van der Waals surface area contributed by atoms with E-state index in [0.29, 0.717) is 22.8 Å². The van der Waals surface area contributed by atoms with Gasteiger partial charge in [0.2, 0.25) is 0 Å². The lowest BCUT2D eigenvalue weighted by Crippen LogP contribution is -2.46. The highest BCUT2D eigenvalue weighted by Crippen LogP contribution is 2.31. The van der Waals surface area contributed by atoms with Crippen molar-refractivity contribution in [2.24, 2.45) is 4.99 Å². The van der Waals surface area contributed by atoms with Crippen LogP contribution < -0.4 is 20.5 Å². The van der Waals surface area contributed by atoms with Crippen LogP contribution in [0, 0.1) is 6.92 Å². The maximum absolute atomic E-state index is 13.0. The minimum atomic E-state index is -0.802. The predicted octanol–water partition coefficient (Wildman–Crippen LogP) is 4.36. The van der Waals surface area contributed by atoms with Crippen molar-refractivity contribution in [2.75, 3.05) is 63.1 Å². The summed E-state index contributed by atoms with van der Waals surface area (Å²) in [6.07, 6.45) is 1.83. The highest BCUT2D eigenvalue weighted by Gasteiger charge is 2.20. The van der Waals surface area contributed by atoms with Crippen LogP contribution in [-0.2, 0) is 0 Å². The van der Waals surface area contributed by atoms with E-state index < -0.39 is 6.10 Å². The van der Waals surface area contributed by atoms with Crippen molar-refractivity contribution in [1.82, 2.24) is 19.9 Å². The number of nitrogens with zero attached hydrogens (tertiary/aromatic N) is 4. The van der Waals surface area contributed by atoms with Crippen LogP contribution in [0.15, 0.2) is 56.9 Å². The Kier molecular flexibility index (Phi) is 9.06. The summed E-state index contributed by atoms with van der Waals surface area (Å²) >= 11 is 3.47. The van der Waals surface area contributed by atoms with Crippen LogP contribution in [0.2, 0.25) is 0 Å². The van der Waals surface area contributed by atoms with Crippen molar-refractivity contribution in [1.29, 1.82) is 0 Å². The fourth-order valence-corrected chi connectivity index (χ4v) is 5.84. The topological polar surface area (TPSA) is 122 Å². The Morgan fingerprint density at radius 2 is 2.02 bits per heavy atom. The highest BCUT2D eigenvalue weighted by molar-refractivity contribution is 9.10. The summed E-state index contributed by atoms with van der Waals surface area (Å²) in [6, 6.07) is 11.5. The number of hydrogen-bond acceptors (Lipinski definition) is 8. The Morgan fingerprint density at radius 1 is 1.22 bits per heavy atom. The van der Waals surface area contributed by atoms with Crippen LogP contribution in [0.25, 0.3) is 22.4 Å². The maximum Gasteiger partial charge on any atom is 0.261 e. The zero-order valence-corrected chi connectivity index (χ0v) is 25.0. The van der Waals surface area contributed by atoms with Gasteiger partial charge in [-0.1, -0.05) is 6.07 Å². The fraction of sp³-hybridized carbons (Fsp3) is 0.367. The minimum Gasteiger partial charge on any atom is -0.496 e. The molecule has 1 atom stereocenters. The van der Waals surface area contributed by atoms with Crippen LogP contribution in [0.3, 0.4) is 0 Å². The molecule has 216 valence electrons. The molecule has 0 unspecified atom stereocenters. The molecule has 2 aromatic carbocycles. The third-order valence-corrected chi connectivity index (χ3v) is 8.15. The molecule has 10 nitrogen and oxygen atoms in total. The van der Waals surface area contributed by atoms with E-state index in [4.69, 9.17) is 9.72 Å². The van der Waals surface area contributed by atoms with Gasteiger partial charge in [0.1, 0.15) is 17.1 Å². The first-order valence-electron chi connectivity index (χ1n) is 13.8. The van der Waals surface area contributed by atoms with Crippen molar-refractivity contribution in [3.05, 3.63) is 68.5 Å². The van der Waals surface area contributed by atoms with Gasteiger partial charge < -0.3 is 35.0 Å². The Hall–Kier alpha value is -3.67. The summed E-state index contributed by atoms with van der Waals surface area (Å²) in [5.41, 5.74) is 5.34. The van der Waals surface area contributed by atoms with Crippen molar-refractivity contribution in [2.45, 2.75) is 19.4 Å². The van der Waals surface area contributed by atoms with Gasteiger partial charge in [-0.3, -0.25) is 9.69 Å². The molecule has 5 rings (SSSR count). The molecular weight excluding hydrogens is 586 g/mol. The summed E-state index contributed by atoms with van der Waals surface area (Å²) in [6.45, 7) is 11.6. The number of aliphatic hydroxyl groups is 1. The summed E-state index contributed by atoms with van der Waals surface area (Å²) in [4.78, 5) is 32.8. The second kappa shape index (κ2) is 12.9. The van der Waals surface area contributed by atoms with E-state index >= 15 is 0 Å². The van der Waals surface area contributed by atoms with Gasteiger partial charge in [-0.2, -0.15) is 0 Å². The van der Waals surface area contributed by atoms with Crippen LogP contribution in [0.4, 0.5) is 11.4 Å². The number of methoxy groups -OCH3 is 1. The largest absolute Gasteiger partial charge is 0.496 e. The number of aliphatic imine (C=N–C) groups is 1. The van der Waals surface area contributed by atoms with Crippen LogP contribution in [-0.4, -0.2) is 84.6 Å². The lowest BCUT2D eigenvalue weighted by atomic mass is 10.1. The average molecular weight is 623 g/mol. The number of piperazine rings is 1. The normalized spacial score (nSPS) is 14.8. The number of pyridine rings is 1. The molecule has 4 aromatic rings. The number of fused-ring (bicyclic) bond motifs is 1. The SMILES string of the molecule is C=NCCCN1CCN(c2cc(C)c3nc(-c4c(NC[C@@H](O)c5ccc(OC)c(Br)c5)cc[nH]c4=O)[nH]c3c2)CC1. The van der Waals surface area contributed by atoms with E-state index in [2.05, 4.69) is 64.9 Å². The standard InChI is InChI=1S/C30H36BrN7O3/c1-19-15-21(38-13-11-37(12-14-38)10-4-8-32-2)17-24-28(19)36-29(35-24)27-23(7-9-33-30(27)40)34-18-25(39)20-5-6-26(41-3)22(31)16-20/h5-7,9,15-17,25,39H,2,4,8,10-14,18H2,1,3H3,(H,35,36)(H2,33,34,40)/t25-/m1/s1. The minimum absolute atomic E-state index is 0.203. The molecule has 0 saturated carbocycles. The second-order valence-electron chi connectivity index (χ2n) is 10.3. The number of aromatic amines is 2. The van der Waals surface area contributed by atoms with Crippen LogP contribution >= 0.6 is 15.9 Å². The molecule has 0 radical (unpaired) electrons. The maximum atomic E-state index is 13.0. The number of ether oxygens (including phenoxy) is 1. The molecule has 1 fully saturated rings. The van der Waals surface area contributed by atoms with Gasteiger partial charge >= 0.3 is 0 Å². The van der Waals surface area contributed by atoms with Gasteiger partial charge in [-0.25, -0.2) is 4.98 Å². The number of anilines is 2. The first-order chi connectivity index (χ1) is 19.9. The lowest BCUT2D eigenvalue weighted by Gasteiger charge is -2.36. The number of aliphatic hydroxyl groups excluding tert-OH is 1. The molecular formula is C30H36BrN7O3. The van der Waals surface area contributed by atoms with E-state index in [-0.39, 0.29) is 12.1 Å². The number of aromatic nitrogens is 3. The highest BCUT2D eigenvalue weighted by atomic mass is 79.9. The molecule has 0 spiro atoms. The first kappa shape index (κ1) is 28.8. The van der Waals surface area contributed by atoms with E-state index in [1.807, 2.05) is 19.1 Å². The number of imidazole rings is 1. The monoisotopic (exact) mass is 621 g/mol. The average Bonchev–Trinajstić information content (AvgIpc) is 3.40. The third-order valence-electron chi connectivity index (χ3n) is 7.53. The number of H-pyrrole nitrogens is 2. The lowest BCUT2D eigenvalue weighted by molar-refractivity contribution is 0.191. The molecule has 4 N–H and O–H groups in total. The van der Waals surface area contributed by atoms with Gasteiger partial charge in [0.15, 0.2) is 0 Å². The van der Waals surface area contributed by atoms with Crippen molar-refractivity contribution in [3.63, 3.8) is 0 Å². The number of rotatable bonds is 11. The molecule has 0 aliphatic carbocycles. The number of aryl methyl sites for hydroxylation is 1. The second-order valence-corrected chi connectivity index (χ2v) is 11.1. The van der Waals surface area contributed by atoms with E-state index in [1.54, 1.807) is 25.4 Å². The van der Waals surface area contributed by atoms with Crippen molar-refractivity contribution >= 4 is 45.1 Å². The van der Waals surface area contributed by atoms with E-state index in [9.17, 15) is 9.90 Å². The number of halogens is 1. The molecule has 1 aliphatic rings. The summed E-state index contributed by atoms with van der Waals surface area (Å²) in [5, 5.41) is 14.1. The van der Waals surface area contributed by atoms with Gasteiger partial charge in [-0.15, -0.1) is 0 Å². The molecule has 11 heteroatoms. The molecule has 0 bridgehead atoms. The Morgan fingerprint density at radius 3 is 2.76 bits per heavy atom. The molecule has 41 heavy (non-hydrogen) atoms. The first-order valence-corrected chi connectivity index (χ1v) is 14.5. The third kappa shape index (κ3) is 6.47. The van der Waals surface area contributed by atoms with Gasteiger partial charge in [0.05, 0.1) is 34.4 Å². The predicted molar refractivity (Wildman–Crippen MR) is 169 cm³/mol. The Balaban J connectivity index is 1.34. The molecule has 2 aromatic heterocycles. The smallest absolute Gasteiger partial charge is 0.261 e. The summed E-state index contributed by atoms with van der Waals surface area (Å²) < 4.78 is 6.04. The van der Waals surface area contributed by atoms with Crippen LogP contribution in [0.5, 0.6) is 5.75 Å². The summed E-state index contributed by atoms with van der Waals surface area (Å²) in [5.74, 6) is 1.17. The molecule has 0 amide bonds.